The van der Waals surface area contributed by atoms with E-state index >= 15 is 0 Å². The molecule has 2 aliphatic rings. The molecule has 2 fully saturated rings. The molecule has 88 valence electrons. The highest BCUT2D eigenvalue weighted by Crippen LogP contribution is 2.29. The predicted octanol–water partition coefficient (Wildman–Crippen LogP) is -0.300. The van der Waals surface area contributed by atoms with Crippen molar-refractivity contribution in [2.45, 2.75) is 12.8 Å². The van der Waals surface area contributed by atoms with Crippen LogP contribution in [0, 0.1) is 11.3 Å². The first-order chi connectivity index (χ1) is 7.28. The molecule has 15 heavy (non-hydrogen) atoms. The minimum absolute atomic E-state index is 0.00600. The molecule has 2 heterocycles. The molecular formula is C11H21NO3. The fourth-order valence-electron chi connectivity index (χ4n) is 2.42. The monoisotopic (exact) mass is 215 g/mol. The Morgan fingerprint density at radius 1 is 1.20 bits per heavy atom. The summed E-state index contributed by atoms with van der Waals surface area (Å²) >= 11 is 0. The van der Waals surface area contributed by atoms with Crippen molar-refractivity contribution in [2.24, 2.45) is 11.3 Å². The van der Waals surface area contributed by atoms with E-state index < -0.39 is 0 Å². The van der Waals surface area contributed by atoms with Crippen molar-refractivity contribution in [3.8, 4) is 0 Å². The van der Waals surface area contributed by atoms with Crippen molar-refractivity contribution in [2.75, 3.05) is 46.1 Å². The maximum atomic E-state index is 9.32. The SMILES string of the molecule is OCC1CCN(CC2(CO)COC2)CC1. The molecular weight excluding hydrogens is 194 g/mol. The number of ether oxygens (including phenoxy) is 1. The molecule has 4 heteroatoms. The standard InChI is InChI=1S/C11H21NO3/c13-5-10-1-3-12(4-2-10)6-11(7-14)8-15-9-11/h10,13-14H,1-9H2. The van der Waals surface area contributed by atoms with Gasteiger partial charge in [-0.15, -0.1) is 0 Å². The van der Waals surface area contributed by atoms with Crippen molar-refractivity contribution in [3.63, 3.8) is 0 Å². The summed E-state index contributed by atoms with van der Waals surface area (Å²) < 4.78 is 5.19. The highest BCUT2D eigenvalue weighted by molar-refractivity contribution is 4.89. The Hall–Kier alpha value is -0.160. The Bertz CT molecular complexity index is 192. The van der Waals surface area contributed by atoms with E-state index in [0.717, 1.165) is 32.5 Å². The third kappa shape index (κ3) is 2.50. The van der Waals surface area contributed by atoms with E-state index in [1.807, 2.05) is 0 Å². The summed E-state index contributed by atoms with van der Waals surface area (Å²) in [6.45, 7) is 4.99. The largest absolute Gasteiger partial charge is 0.396 e. The molecule has 0 amide bonds. The van der Waals surface area contributed by atoms with Crippen LogP contribution in [0.25, 0.3) is 0 Å². The minimum Gasteiger partial charge on any atom is -0.396 e. The first-order valence-electron chi connectivity index (χ1n) is 5.80. The Morgan fingerprint density at radius 3 is 2.27 bits per heavy atom. The average molecular weight is 215 g/mol. The molecule has 0 radical (unpaired) electrons. The van der Waals surface area contributed by atoms with Gasteiger partial charge in [0.15, 0.2) is 0 Å². The van der Waals surface area contributed by atoms with E-state index in [1.165, 1.54) is 0 Å². The van der Waals surface area contributed by atoms with Gasteiger partial charge in [0.1, 0.15) is 0 Å². The van der Waals surface area contributed by atoms with E-state index in [-0.39, 0.29) is 12.0 Å². The molecule has 0 aromatic carbocycles. The zero-order chi connectivity index (χ0) is 10.7. The molecule has 0 saturated carbocycles. The molecule has 2 rings (SSSR count). The van der Waals surface area contributed by atoms with Gasteiger partial charge in [-0.05, 0) is 31.8 Å². The number of piperidine rings is 1. The van der Waals surface area contributed by atoms with Gasteiger partial charge in [-0.25, -0.2) is 0 Å². The van der Waals surface area contributed by atoms with Crippen LogP contribution in [0.15, 0.2) is 0 Å². The average Bonchev–Trinajstić information content (AvgIpc) is 2.24. The van der Waals surface area contributed by atoms with E-state index in [4.69, 9.17) is 9.84 Å². The van der Waals surface area contributed by atoms with Crippen LogP contribution < -0.4 is 0 Å². The van der Waals surface area contributed by atoms with Crippen LogP contribution in [0.2, 0.25) is 0 Å². The van der Waals surface area contributed by atoms with Gasteiger partial charge in [-0.2, -0.15) is 0 Å². The fraction of sp³-hybridized carbons (Fsp3) is 1.00. The van der Waals surface area contributed by atoms with Crippen molar-refractivity contribution in [1.29, 1.82) is 0 Å². The van der Waals surface area contributed by atoms with Crippen molar-refractivity contribution >= 4 is 0 Å². The van der Waals surface area contributed by atoms with E-state index in [1.54, 1.807) is 0 Å². The maximum absolute atomic E-state index is 9.32. The van der Waals surface area contributed by atoms with Gasteiger partial charge >= 0.3 is 0 Å². The number of aliphatic hydroxyl groups is 2. The van der Waals surface area contributed by atoms with Gasteiger partial charge in [0.05, 0.1) is 25.2 Å². The summed E-state index contributed by atoms with van der Waals surface area (Å²) in [4.78, 5) is 2.39. The summed E-state index contributed by atoms with van der Waals surface area (Å²) in [7, 11) is 0. The molecule has 0 spiro atoms. The summed E-state index contributed by atoms with van der Waals surface area (Å²) in [5.41, 5.74) is 0.00600. The third-order valence-electron chi connectivity index (χ3n) is 3.68. The smallest absolute Gasteiger partial charge is 0.0579 e. The quantitative estimate of drug-likeness (QED) is 0.676. The van der Waals surface area contributed by atoms with Gasteiger partial charge < -0.3 is 19.8 Å². The first-order valence-corrected chi connectivity index (χ1v) is 5.80. The van der Waals surface area contributed by atoms with Gasteiger partial charge in [0, 0.05) is 13.2 Å². The van der Waals surface area contributed by atoms with Crippen LogP contribution >= 0.6 is 0 Å². The van der Waals surface area contributed by atoms with Crippen molar-refractivity contribution < 1.29 is 14.9 Å². The summed E-state index contributed by atoms with van der Waals surface area (Å²) in [5, 5.41) is 18.4. The molecule has 0 aromatic heterocycles. The number of likely N-dealkylation sites (tertiary alicyclic amines) is 1. The van der Waals surface area contributed by atoms with Crippen molar-refractivity contribution in [3.05, 3.63) is 0 Å². The van der Waals surface area contributed by atoms with Crippen LogP contribution in [0.5, 0.6) is 0 Å². The van der Waals surface area contributed by atoms with Crippen LogP contribution in [0.4, 0.5) is 0 Å². The Labute approximate surface area is 90.8 Å². The molecule has 0 bridgehead atoms. The predicted molar refractivity (Wildman–Crippen MR) is 56.6 cm³/mol. The molecule has 0 atom stereocenters. The molecule has 0 aliphatic carbocycles. The number of aliphatic hydroxyl groups excluding tert-OH is 2. The topological polar surface area (TPSA) is 52.9 Å². The zero-order valence-corrected chi connectivity index (χ0v) is 9.19. The summed E-state index contributed by atoms with van der Waals surface area (Å²) in [6, 6.07) is 0. The molecule has 2 saturated heterocycles. The van der Waals surface area contributed by atoms with Crippen LogP contribution in [-0.4, -0.2) is 61.2 Å². The first kappa shape index (κ1) is 11.3. The lowest BCUT2D eigenvalue weighted by atomic mass is 9.85. The van der Waals surface area contributed by atoms with Crippen LogP contribution in [0.1, 0.15) is 12.8 Å². The van der Waals surface area contributed by atoms with Gasteiger partial charge in [0.25, 0.3) is 0 Å². The third-order valence-corrected chi connectivity index (χ3v) is 3.68. The van der Waals surface area contributed by atoms with Crippen LogP contribution in [-0.2, 0) is 4.74 Å². The number of nitrogens with zero attached hydrogens (tertiary/aromatic N) is 1. The Kier molecular flexibility index (Phi) is 3.61. The lowest BCUT2D eigenvalue weighted by Gasteiger charge is -2.44. The zero-order valence-electron chi connectivity index (χ0n) is 9.19. The second-order valence-corrected chi connectivity index (χ2v) is 5.05. The second-order valence-electron chi connectivity index (χ2n) is 5.05. The molecule has 0 aromatic rings. The van der Waals surface area contributed by atoms with E-state index in [9.17, 15) is 5.11 Å². The van der Waals surface area contributed by atoms with E-state index in [0.29, 0.717) is 25.7 Å². The highest BCUT2D eigenvalue weighted by atomic mass is 16.5. The fourth-order valence-corrected chi connectivity index (χ4v) is 2.42. The lowest BCUT2D eigenvalue weighted by molar-refractivity contribution is -0.150. The number of hydrogen-bond donors (Lipinski definition) is 2. The Morgan fingerprint density at radius 2 is 1.87 bits per heavy atom. The highest BCUT2D eigenvalue weighted by Gasteiger charge is 2.40. The lowest BCUT2D eigenvalue weighted by Crippen LogP contribution is -2.54. The maximum Gasteiger partial charge on any atom is 0.0579 e. The van der Waals surface area contributed by atoms with Gasteiger partial charge in [0.2, 0.25) is 0 Å². The van der Waals surface area contributed by atoms with Crippen LogP contribution in [0.3, 0.4) is 0 Å². The van der Waals surface area contributed by atoms with Gasteiger partial charge in [-0.3, -0.25) is 0 Å². The Balaban J connectivity index is 1.76. The van der Waals surface area contributed by atoms with E-state index in [2.05, 4.69) is 4.90 Å². The summed E-state index contributed by atoms with van der Waals surface area (Å²) in [6.07, 6.45) is 2.16. The molecule has 2 N–H and O–H groups in total. The molecule has 4 nitrogen and oxygen atoms in total. The molecule has 0 unspecified atom stereocenters. The number of rotatable bonds is 4. The van der Waals surface area contributed by atoms with Gasteiger partial charge in [-0.1, -0.05) is 0 Å². The molecule has 2 aliphatic heterocycles. The number of hydrogen-bond acceptors (Lipinski definition) is 4. The minimum atomic E-state index is 0.00600. The van der Waals surface area contributed by atoms with Crippen molar-refractivity contribution in [1.82, 2.24) is 4.90 Å². The summed E-state index contributed by atoms with van der Waals surface area (Å²) in [5.74, 6) is 0.490. The normalized spacial score (nSPS) is 27.6. The second kappa shape index (κ2) is 4.78.